The van der Waals surface area contributed by atoms with Crippen molar-refractivity contribution in [3.8, 4) is 17.1 Å². The lowest BCUT2D eigenvalue weighted by Gasteiger charge is -2.14. The van der Waals surface area contributed by atoms with Crippen LogP contribution in [-0.4, -0.2) is 52.2 Å². The number of benzene rings is 1. The molecular weight excluding hydrogens is 362 g/mol. The smallest absolute Gasteiger partial charge is 0.308 e. The Kier molecular flexibility index (Phi) is 6.57. The van der Waals surface area contributed by atoms with Gasteiger partial charge < -0.3 is 19.3 Å². The van der Waals surface area contributed by atoms with Crippen LogP contribution in [0, 0.1) is 5.92 Å². The highest BCUT2D eigenvalue weighted by Crippen LogP contribution is 2.21. The number of likely N-dealkylation sites (tertiary alicyclic amines) is 1. The lowest BCUT2D eigenvalue weighted by molar-refractivity contribution is -0.141. The third-order valence-electron chi connectivity index (χ3n) is 4.26. The summed E-state index contributed by atoms with van der Waals surface area (Å²) < 4.78 is 10.3. The maximum Gasteiger partial charge on any atom is 0.308 e. The van der Waals surface area contributed by atoms with Crippen LogP contribution in [-0.2, 0) is 16.0 Å². The minimum Gasteiger partial charge on any atom is -0.497 e. The Balaban J connectivity index is 0.00000243. The summed E-state index contributed by atoms with van der Waals surface area (Å²) in [7, 11) is 1.59. The number of halogens is 1. The molecule has 1 fully saturated rings. The maximum absolute atomic E-state index is 12.2. The zero-order valence-electron chi connectivity index (χ0n) is 14.3. The Morgan fingerprint density at radius 2 is 2.08 bits per heavy atom. The maximum atomic E-state index is 12.2. The second kappa shape index (κ2) is 8.66. The summed E-state index contributed by atoms with van der Waals surface area (Å²) in [5.41, 5.74) is 0.797. The molecule has 1 aliphatic rings. The van der Waals surface area contributed by atoms with E-state index in [9.17, 15) is 9.59 Å². The van der Waals surface area contributed by atoms with Crippen LogP contribution in [0.25, 0.3) is 11.4 Å². The average Bonchev–Trinajstić information content (AvgIpc) is 3.29. The second-order valence-electron chi connectivity index (χ2n) is 5.90. The van der Waals surface area contributed by atoms with Gasteiger partial charge in [-0.15, -0.1) is 12.4 Å². The topological polar surface area (TPSA) is 106 Å². The molecule has 1 atom stereocenters. The zero-order valence-corrected chi connectivity index (χ0v) is 15.1. The molecule has 140 valence electrons. The van der Waals surface area contributed by atoms with E-state index in [2.05, 4.69) is 10.1 Å². The van der Waals surface area contributed by atoms with Gasteiger partial charge >= 0.3 is 5.97 Å². The molecule has 0 spiro atoms. The van der Waals surface area contributed by atoms with Crippen molar-refractivity contribution in [1.29, 1.82) is 0 Å². The van der Waals surface area contributed by atoms with Crippen molar-refractivity contribution < 1.29 is 24.0 Å². The summed E-state index contributed by atoms with van der Waals surface area (Å²) in [5, 5.41) is 12.9. The summed E-state index contributed by atoms with van der Waals surface area (Å²) in [6.45, 7) is 0.756. The predicted octanol–water partition coefficient (Wildman–Crippen LogP) is 2.03. The number of methoxy groups -OCH3 is 1. The molecule has 1 aliphatic heterocycles. The Morgan fingerprint density at radius 1 is 1.35 bits per heavy atom. The van der Waals surface area contributed by atoms with E-state index in [0.717, 1.165) is 11.3 Å². The van der Waals surface area contributed by atoms with Crippen LogP contribution in [0.2, 0.25) is 0 Å². The van der Waals surface area contributed by atoms with E-state index in [0.29, 0.717) is 31.1 Å². The molecule has 0 saturated carbocycles. The van der Waals surface area contributed by atoms with Gasteiger partial charge in [0, 0.05) is 31.5 Å². The molecule has 2 heterocycles. The van der Waals surface area contributed by atoms with E-state index in [1.165, 1.54) is 0 Å². The van der Waals surface area contributed by atoms with Gasteiger partial charge in [0.25, 0.3) is 0 Å². The van der Waals surface area contributed by atoms with Crippen molar-refractivity contribution in [2.45, 2.75) is 19.3 Å². The number of hydrogen-bond acceptors (Lipinski definition) is 6. The number of aryl methyl sites for hydroxylation is 1. The van der Waals surface area contributed by atoms with E-state index in [1.807, 2.05) is 12.1 Å². The Morgan fingerprint density at radius 3 is 2.69 bits per heavy atom. The quantitative estimate of drug-likeness (QED) is 0.815. The molecule has 8 nitrogen and oxygen atoms in total. The fraction of sp³-hybridized carbons (Fsp3) is 0.412. The largest absolute Gasteiger partial charge is 0.497 e. The van der Waals surface area contributed by atoms with Crippen molar-refractivity contribution in [2.24, 2.45) is 5.92 Å². The first-order chi connectivity index (χ1) is 12.1. The highest BCUT2D eigenvalue weighted by molar-refractivity contribution is 5.85. The number of carboxylic acid groups (broad SMARTS) is 1. The van der Waals surface area contributed by atoms with Crippen LogP contribution in [0.5, 0.6) is 5.75 Å². The molecule has 1 aromatic carbocycles. The second-order valence-corrected chi connectivity index (χ2v) is 5.90. The number of nitrogens with zero attached hydrogens (tertiary/aromatic N) is 3. The van der Waals surface area contributed by atoms with E-state index in [4.69, 9.17) is 14.4 Å². The number of hydrogen-bond donors (Lipinski definition) is 1. The van der Waals surface area contributed by atoms with Gasteiger partial charge in [-0.05, 0) is 30.7 Å². The van der Waals surface area contributed by atoms with Crippen LogP contribution >= 0.6 is 12.4 Å². The van der Waals surface area contributed by atoms with Crippen LogP contribution in [0.1, 0.15) is 18.7 Å². The number of ether oxygens (including phenoxy) is 1. The van der Waals surface area contributed by atoms with Gasteiger partial charge in [0.05, 0.1) is 13.0 Å². The molecule has 0 bridgehead atoms. The van der Waals surface area contributed by atoms with Crippen LogP contribution in [0.15, 0.2) is 28.8 Å². The first kappa shape index (κ1) is 19.7. The Labute approximate surface area is 156 Å². The van der Waals surface area contributed by atoms with Gasteiger partial charge in [-0.1, -0.05) is 5.16 Å². The average molecular weight is 382 g/mol. The van der Waals surface area contributed by atoms with Crippen molar-refractivity contribution in [3.05, 3.63) is 30.2 Å². The summed E-state index contributed by atoms with van der Waals surface area (Å²) in [5.74, 6) is 0.173. The fourth-order valence-electron chi connectivity index (χ4n) is 2.77. The predicted molar refractivity (Wildman–Crippen MR) is 94.2 cm³/mol. The number of aromatic nitrogens is 2. The van der Waals surface area contributed by atoms with Crippen LogP contribution in [0.4, 0.5) is 0 Å². The van der Waals surface area contributed by atoms with Crippen molar-refractivity contribution >= 4 is 24.3 Å². The summed E-state index contributed by atoms with van der Waals surface area (Å²) >= 11 is 0. The highest BCUT2D eigenvalue weighted by Gasteiger charge is 2.30. The molecule has 1 amide bonds. The molecule has 2 aromatic rings. The lowest BCUT2D eigenvalue weighted by Crippen LogP contribution is -2.30. The molecule has 1 unspecified atom stereocenters. The number of aliphatic carboxylic acids is 1. The summed E-state index contributed by atoms with van der Waals surface area (Å²) in [4.78, 5) is 29.0. The molecule has 1 saturated heterocycles. The molecular formula is C17H20ClN3O5. The Bertz CT molecular complexity index is 762. The van der Waals surface area contributed by atoms with Gasteiger partial charge in [0.15, 0.2) is 0 Å². The van der Waals surface area contributed by atoms with Gasteiger partial charge in [-0.2, -0.15) is 4.98 Å². The van der Waals surface area contributed by atoms with E-state index in [-0.39, 0.29) is 31.3 Å². The van der Waals surface area contributed by atoms with E-state index >= 15 is 0 Å². The molecule has 1 N–H and O–H groups in total. The third-order valence-corrected chi connectivity index (χ3v) is 4.26. The molecule has 3 rings (SSSR count). The first-order valence-corrected chi connectivity index (χ1v) is 8.04. The van der Waals surface area contributed by atoms with Crippen molar-refractivity contribution in [1.82, 2.24) is 15.0 Å². The highest BCUT2D eigenvalue weighted by atomic mass is 35.5. The van der Waals surface area contributed by atoms with Crippen molar-refractivity contribution in [2.75, 3.05) is 20.2 Å². The van der Waals surface area contributed by atoms with Crippen LogP contribution < -0.4 is 4.74 Å². The number of amides is 1. The molecule has 9 heteroatoms. The van der Waals surface area contributed by atoms with Gasteiger partial charge in [-0.3, -0.25) is 9.59 Å². The molecule has 0 aliphatic carbocycles. The van der Waals surface area contributed by atoms with Crippen molar-refractivity contribution in [3.63, 3.8) is 0 Å². The molecule has 1 aromatic heterocycles. The SMILES string of the molecule is COc1ccc(-c2noc(CCC(=O)N3CCC(C(=O)O)C3)n2)cc1.Cl. The normalized spacial score (nSPS) is 16.2. The monoisotopic (exact) mass is 381 g/mol. The number of carbonyl (C=O) groups excluding carboxylic acids is 1. The standard InChI is InChI=1S/C17H19N3O5.ClH/c1-24-13-4-2-11(3-5-13)16-18-14(25-19-16)6-7-15(21)20-9-8-12(10-20)17(22)23;/h2-5,12H,6-10H2,1H3,(H,22,23);1H. The lowest BCUT2D eigenvalue weighted by atomic mass is 10.1. The van der Waals surface area contributed by atoms with Crippen LogP contribution in [0.3, 0.4) is 0 Å². The van der Waals surface area contributed by atoms with Gasteiger partial charge in [-0.25, -0.2) is 0 Å². The van der Waals surface area contributed by atoms with E-state index < -0.39 is 11.9 Å². The minimum absolute atomic E-state index is 0. The van der Waals surface area contributed by atoms with Gasteiger partial charge in [0.1, 0.15) is 5.75 Å². The molecule has 0 radical (unpaired) electrons. The number of rotatable bonds is 6. The third kappa shape index (κ3) is 4.51. The summed E-state index contributed by atoms with van der Waals surface area (Å²) in [6.07, 6.45) is 1.05. The molecule has 26 heavy (non-hydrogen) atoms. The first-order valence-electron chi connectivity index (χ1n) is 8.04. The number of carboxylic acids is 1. The van der Waals surface area contributed by atoms with Gasteiger partial charge in [0.2, 0.25) is 17.6 Å². The zero-order chi connectivity index (χ0) is 17.8. The Hall–Kier alpha value is -2.61. The minimum atomic E-state index is -0.851. The fourth-order valence-corrected chi connectivity index (χ4v) is 2.77. The number of carbonyl (C=O) groups is 2. The van der Waals surface area contributed by atoms with E-state index in [1.54, 1.807) is 24.1 Å². The summed E-state index contributed by atoms with van der Waals surface area (Å²) in [6, 6.07) is 7.27.